The molecule has 1 N–H and O–H groups in total. The first-order valence-corrected chi connectivity index (χ1v) is 4.07. The number of ether oxygens (including phenoxy) is 2. The molecule has 0 saturated carbocycles. The van der Waals surface area contributed by atoms with Gasteiger partial charge in [-0.05, 0) is 11.6 Å². The first kappa shape index (κ1) is 10.0. The van der Waals surface area contributed by atoms with Crippen LogP contribution in [0.4, 0.5) is 0 Å². The van der Waals surface area contributed by atoms with Gasteiger partial charge in [-0.2, -0.15) is 0 Å². The van der Waals surface area contributed by atoms with E-state index in [4.69, 9.17) is 9.47 Å². The van der Waals surface area contributed by atoms with E-state index in [0.717, 1.165) is 11.1 Å². The smallest absolute Gasteiger partial charge is 0.121 e. The number of hydrogen-bond acceptors (Lipinski definition) is 3. The summed E-state index contributed by atoms with van der Waals surface area (Å²) in [6, 6.07) is 5.36. The van der Waals surface area contributed by atoms with Crippen LogP contribution in [0.15, 0.2) is 18.2 Å². The zero-order valence-electron chi connectivity index (χ0n) is 7.91. The Bertz CT molecular complexity index is 271. The van der Waals surface area contributed by atoms with Gasteiger partial charge in [-0.25, -0.2) is 0 Å². The van der Waals surface area contributed by atoms with E-state index in [9.17, 15) is 5.11 Å². The summed E-state index contributed by atoms with van der Waals surface area (Å²) in [6.45, 7) is 0.901. The Kier molecular flexibility index (Phi) is 3.73. The standard InChI is InChI=1S/C10H14O3/c1-12-6-8-4-3-5-10(11)9(8)7-13-2/h3-5,11H,6-7H2,1-2H3. The van der Waals surface area contributed by atoms with E-state index >= 15 is 0 Å². The first-order valence-electron chi connectivity index (χ1n) is 4.07. The lowest BCUT2D eigenvalue weighted by Gasteiger charge is -2.09. The summed E-state index contributed by atoms with van der Waals surface area (Å²) in [7, 11) is 3.23. The molecule has 0 saturated heterocycles. The molecule has 0 aliphatic heterocycles. The van der Waals surface area contributed by atoms with Crippen molar-refractivity contribution in [1.29, 1.82) is 0 Å². The molecule has 3 nitrogen and oxygen atoms in total. The van der Waals surface area contributed by atoms with Gasteiger partial charge in [0.1, 0.15) is 5.75 Å². The van der Waals surface area contributed by atoms with Gasteiger partial charge < -0.3 is 14.6 Å². The van der Waals surface area contributed by atoms with Crippen LogP contribution in [0, 0.1) is 0 Å². The van der Waals surface area contributed by atoms with Gasteiger partial charge in [-0.15, -0.1) is 0 Å². The second kappa shape index (κ2) is 4.84. The summed E-state index contributed by atoms with van der Waals surface area (Å²) in [5.74, 6) is 0.261. The van der Waals surface area contributed by atoms with Gasteiger partial charge in [-0.3, -0.25) is 0 Å². The minimum atomic E-state index is 0.261. The monoisotopic (exact) mass is 182 g/mol. The normalized spacial score (nSPS) is 10.3. The predicted octanol–water partition coefficient (Wildman–Crippen LogP) is 1.68. The van der Waals surface area contributed by atoms with Crippen molar-refractivity contribution in [3.05, 3.63) is 29.3 Å². The Morgan fingerprint density at radius 3 is 2.46 bits per heavy atom. The maximum absolute atomic E-state index is 9.51. The molecule has 0 aromatic heterocycles. The molecule has 0 amide bonds. The fourth-order valence-electron chi connectivity index (χ4n) is 1.22. The SMILES string of the molecule is COCc1cccc(O)c1COC. The highest BCUT2D eigenvalue weighted by atomic mass is 16.5. The molecule has 0 heterocycles. The van der Waals surface area contributed by atoms with Crippen LogP contribution >= 0.6 is 0 Å². The Hall–Kier alpha value is -1.06. The molecule has 0 spiro atoms. The Balaban J connectivity index is 2.95. The van der Waals surface area contributed by atoms with Gasteiger partial charge in [0.25, 0.3) is 0 Å². The van der Waals surface area contributed by atoms with E-state index in [-0.39, 0.29) is 5.75 Å². The average Bonchev–Trinajstić information content (AvgIpc) is 2.11. The van der Waals surface area contributed by atoms with Gasteiger partial charge in [0, 0.05) is 19.8 Å². The topological polar surface area (TPSA) is 38.7 Å². The Morgan fingerprint density at radius 2 is 1.85 bits per heavy atom. The molecule has 0 aliphatic carbocycles. The molecular weight excluding hydrogens is 168 g/mol. The van der Waals surface area contributed by atoms with Crippen molar-refractivity contribution >= 4 is 0 Å². The third-order valence-corrected chi connectivity index (χ3v) is 1.84. The molecule has 72 valence electrons. The van der Waals surface area contributed by atoms with Crippen molar-refractivity contribution in [2.75, 3.05) is 14.2 Å². The Morgan fingerprint density at radius 1 is 1.15 bits per heavy atom. The summed E-state index contributed by atoms with van der Waals surface area (Å²) >= 11 is 0. The van der Waals surface area contributed by atoms with E-state index in [1.165, 1.54) is 0 Å². The van der Waals surface area contributed by atoms with Gasteiger partial charge in [0.2, 0.25) is 0 Å². The minimum Gasteiger partial charge on any atom is -0.508 e. The molecule has 1 aromatic rings. The maximum atomic E-state index is 9.51. The first-order chi connectivity index (χ1) is 6.29. The van der Waals surface area contributed by atoms with Crippen LogP contribution < -0.4 is 0 Å². The highest BCUT2D eigenvalue weighted by molar-refractivity contribution is 5.38. The van der Waals surface area contributed by atoms with Crippen molar-refractivity contribution in [2.24, 2.45) is 0 Å². The summed E-state index contributed by atoms with van der Waals surface area (Å²) < 4.78 is 9.98. The van der Waals surface area contributed by atoms with Crippen molar-refractivity contribution in [1.82, 2.24) is 0 Å². The third kappa shape index (κ3) is 2.44. The predicted molar refractivity (Wildman–Crippen MR) is 49.5 cm³/mol. The lowest BCUT2D eigenvalue weighted by Crippen LogP contribution is -1.97. The molecule has 1 aromatic carbocycles. The van der Waals surface area contributed by atoms with Crippen molar-refractivity contribution < 1.29 is 14.6 Å². The molecule has 0 unspecified atom stereocenters. The molecule has 13 heavy (non-hydrogen) atoms. The number of phenolic OH excluding ortho intramolecular Hbond substituents is 1. The number of methoxy groups -OCH3 is 2. The summed E-state index contributed by atoms with van der Waals surface area (Å²) in [5.41, 5.74) is 1.76. The number of hydrogen-bond donors (Lipinski definition) is 1. The fraction of sp³-hybridized carbons (Fsp3) is 0.400. The van der Waals surface area contributed by atoms with E-state index in [2.05, 4.69) is 0 Å². The molecule has 3 heteroatoms. The lowest BCUT2D eigenvalue weighted by molar-refractivity contribution is 0.166. The number of benzene rings is 1. The maximum Gasteiger partial charge on any atom is 0.121 e. The van der Waals surface area contributed by atoms with Crippen LogP contribution in [-0.2, 0) is 22.7 Å². The molecular formula is C10H14O3. The number of rotatable bonds is 4. The molecule has 0 aliphatic rings. The fourth-order valence-corrected chi connectivity index (χ4v) is 1.22. The highest BCUT2D eigenvalue weighted by Crippen LogP contribution is 2.22. The number of phenols is 1. The molecule has 0 atom stereocenters. The van der Waals surface area contributed by atoms with Gasteiger partial charge >= 0.3 is 0 Å². The summed E-state index contributed by atoms with van der Waals surface area (Å²) in [4.78, 5) is 0. The second-order valence-electron chi connectivity index (χ2n) is 2.78. The quantitative estimate of drug-likeness (QED) is 0.770. The van der Waals surface area contributed by atoms with Crippen molar-refractivity contribution in [3.8, 4) is 5.75 Å². The molecule has 0 radical (unpaired) electrons. The largest absolute Gasteiger partial charge is 0.508 e. The average molecular weight is 182 g/mol. The zero-order chi connectivity index (χ0) is 9.68. The van der Waals surface area contributed by atoms with Gasteiger partial charge in [0.15, 0.2) is 0 Å². The van der Waals surface area contributed by atoms with E-state index in [1.807, 2.05) is 6.07 Å². The third-order valence-electron chi connectivity index (χ3n) is 1.84. The highest BCUT2D eigenvalue weighted by Gasteiger charge is 2.06. The van der Waals surface area contributed by atoms with Crippen LogP contribution in [0.2, 0.25) is 0 Å². The lowest BCUT2D eigenvalue weighted by atomic mass is 10.1. The Labute approximate surface area is 77.9 Å². The van der Waals surface area contributed by atoms with Crippen molar-refractivity contribution in [3.63, 3.8) is 0 Å². The van der Waals surface area contributed by atoms with E-state index in [0.29, 0.717) is 13.2 Å². The van der Waals surface area contributed by atoms with Crippen LogP contribution in [0.5, 0.6) is 5.75 Å². The molecule has 0 bridgehead atoms. The van der Waals surface area contributed by atoms with Crippen LogP contribution in [0.1, 0.15) is 11.1 Å². The molecule has 1 rings (SSSR count). The van der Waals surface area contributed by atoms with Crippen LogP contribution in [-0.4, -0.2) is 19.3 Å². The van der Waals surface area contributed by atoms with Crippen LogP contribution in [0.25, 0.3) is 0 Å². The molecule has 0 fully saturated rings. The van der Waals surface area contributed by atoms with Crippen LogP contribution in [0.3, 0.4) is 0 Å². The van der Waals surface area contributed by atoms with Gasteiger partial charge in [0.05, 0.1) is 13.2 Å². The zero-order valence-corrected chi connectivity index (χ0v) is 7.91. The van der Waals surface area contributed by atoms with Gasteiger partial charge in [-0.1, -0.05) is 12.1 Å². The minimum absolute atomic E-state index is 0.261. The second-order valence-corrected chi connectivity index (χ2v) is 2.78. The summed E-state index contributed by atoms with van der Waals surface area (Å²) in [6.07, 6.45) is 0. The summed E-state index contributed by atoms with van der Waals surface area (Å²) in [5, 5.41) is 9.51. The van der Waals surface area contributed by atoms with Crippen molar-refractivity contribution in [2.45, 2.75) is 13.2 Å². The number of aromatic hydroxyl groups is 1. The van der Waals surface area contributed by atoms with E-state index < -0.39 is 0 Å². The van der Waals surface area contributed by atoms with E-state index in [1.54, 1.807) is 26.4 Å².